The molecule has 2 aromatic carbocycles. The van der Waals surface area contributed by atoms with Gasteiger partial charge in [0.2, 0.25) is 5.95 Å². The number of benzene rings is 2. The number of carbonyl (C=O) groups is 1. The molecule has 2 aromatic heterocycles. The predicted octanol–water partition coefficient (Wildman–Crippen LogP) is 6.81. The van der Waals surface area contributed by atoms with Crippen LogP contribution in [0.25, 0.3) is 22.0 Å². The largest absolute Gasteiger partial charge is 0.493 e. The van der Waals surface area contributed by atoms with Crippen LogP contribution in [0.2, 0.25) is 0 Å². The first-order chi connectivity index (χ1) is 18.6. The van der Waals surface area contributed by atoms with E-state index in [0.717, 1.165) is 43.7 Å². The molecule has 4 rings (SSSR count). The van der Waals surface area contributed by atoms with Crippen LogP contribution in [-0.2, 0) is 11.8 Å². The molecule has 0 saturated carbocycles. The number of hydrogen-bond donors (Lipinski definition) is 2. The summed E-state index contributed by atoms with van der Waals surface area (Å²) in [6.07, 6.45) is 7.36. The number of rotatable bonds is 8. The second-order valence-corrected chi connectivity index (χ2v) is 11.4. The van der Waals surface area contributed by atoms with Crippen LogP contribution in [0.5, 0.6) is 5.75 Å². The Bertz CT molecular complexity index is 1390. The van der Waals surface area contributed by atoms with Gasteiger partial charge in [0.05, 0.1) is 18.3 Å². The molecule has 2 N–H and O–H groups in total. The van der Waals surface area contributed by atoms with E-state index < -0.39 is 0 Å². The van der Waals surface area contributed by atoms with Gasteiger partial charge in [0.1, 0.15) is 11.4 Å². The predicted molar refractivity (Wildman–Crippen MR) is 163 cm³/mol. The number of nitrogens with zero attached hydrogens (tertiary/aromatic N) is 4. The van der Waals surface area contributed by atoms with Crippen molar-refractivity contribution >= 4 is 56.3 Å². The van der Waals surface area contributed by atoms with Gasteiger partial charge in [0.15, 0.2) is 0 Å². The molecule has 0 radical (unpaired) electrons. The number of hydrogen-bond acceptors (Lipinski definition) is 8. The lowest BCUT2D eigenvalue weighted by molar-refractivity contribution is 0.0531. The smallest absolute Gasteiger partial charge is 0.407 e. The number of fused-ring (bicyclic) bond motifs is 1. The molecule has 0 aliphatic carbocycles. The van der Waals surface area contributed by atoms with Crippen LogP contribution in [0.15, 0.2) is 59.5 Å². The van der Waals surface area contributed by atoms with E-state index in [4.69, 9.17) is 9.47 Å². The second-order valence-electron chi connectivity index (χ2n) is 9.54. The molecule has 0 aliphatic heterocycles. The summed E-state index contributed by atoms with van der Waals surface area (Å²) in [7, 11) is 1.91. The first-order valence-electron chi connectivity index (χ1n) is 12.5. The third-order valence-corrected chi connectivity index (χ3v) is 6.09. The van der Waals surface area contributed by atoms with Crippen molar-refractivity contribution in [2.24, 2.45) is 7.05 Å². The minimum absolute atomic E-state index is 0.352. The van der Waals surface area contributed by atoms with E-state index in [1.54, 1.807) is 16.4 Å². The minimum atomic E-state index is -0.390. The highest BCUT2D eigenvalue weighted by Gasteiger charge is 2.14. The molecule has 2 heterocycles. The number of ether oxygens (including phenoxy) is 2. The van der Waals surface area contributed by atoms with Crippen LogP contribution < -0.4 is 15.4 Å². The summed E-state index contributed by atoms with van der Waals surface area (Å²) in [6, 6.07) is 12.0. The van der Waals surface area contributed by atoms with E-state index >= 15 is 0 Å². The highest BCUT2D eigenvalue weighted by atomic mass is 79.9. The molecule has 39 heavy (non-hydrogen) atoms. The van der Waals surface area contributed by atoms with Gasteiger partial charge < -0.3 is 20.1 Å². The van der Waals surface area contributed by atoms with Gasteiger partial charge in [0.25, 0.3) is 0 Å². The van der Waals surface area contributed by atoms with Gasteiger partial charge in [-0.15, -0.1) is 0 Å². The Balaban J connectivity index is 0.000000360. The molecule has 11 heteroatoms. The van der Waals surface area contributed by atoms with Crippen LogP contribution in [0, 0.1) is 0 Å². The van der Waals surface area contributed by atoms with E-state index in [-0.39, 0.29) is 11.7 Å². The Morgan fingerprint density at radius 1 is 1.13 bits per heavy atom. The second kappa shape index (κ2) is 14.2. The number of amides is 1. The van der Waals surface area contributed by atoms with Crippen molar-refractivity contribution in [2.75, 3.05) is 30.5 Å². The fourth-order valence-corrected chi connectivity index (χ4v) is 4.02. The first-order valence-corrected chi connectivity index (χ1v) is 14.7. The standard InChI is InChI=1S/C21H20BrN5OS.C7H15NO2/c1-27-13-16(12-24-27)14-8-18(10-19(9-14)28-5-6-29-2)25-21-23-11-15-7-17(22)3-4-20(15)26-21;1-5-8-6(9)10-7(2,3)4/h3-4,7-13H,5-6H2,1-2H3,(H,23,25,26);5H2,1-4H3,(H,8,9). The third-order valence-electron chi connectivity index (χ3n) is 5.02. The minimum Gasteiger partial charge on any atom is -0.493 e. The summed E-state index contributed by atoms with van der Waals surface area (Å²) in [5.41, 5.74) is 3.40. The molecule has 208 valence electrons. The van der Waals surface area contributed by atoms with Gasteiger partial charge in [-0.2, -0.15) is 16.9 Å². The highest BCUT2D eigenvalue weighted by molar-refractivity contribution is 9.10. The van der Waals surface area contributed by atoms with Crippen molar-refractivity contribution in [1.29, 1.82) is 0 Å². The average Bonchev–Trinajstić information content (AvgIpc) is 3.30. The van der Waals surface area contributed by atoms with Gasteiger partial charge in [-0.25, -0.2) is 14.8 Å². The molecule has 0 fully saturated rings. The molecule has 0 unspecified atom stereocenters. The van der Waals surface area contributed by atoms with Gasteiger partial charge in [-0.05, 0) is 69.8 Å². The van der Waals surface area contributed by atoms with Crippen molar-refractivity contribution in [2.45, 2.75) is 33.3 Å². The number of halogens is 1. The molecule has 0 spiro atoms. The Morgan fingerprint density at radius 2 is 1.92 bits per heavy atom. The SMILES string of the molecule is CCNC(=O)OC(C)(C)C.CSCCOc1cc(Nc2ncc3cc(Br)ccc3n2)cc(-c2cnn(C)c2)c1. The monoisotopic (exact) mass is 614 g/mol. The van der Waals surface area contributed by atoms with Gasteiger partial charge >= 0.3 is 6.09 Å². The summed E-state index contributed by atoms with van der Waals surface area (Å²) in [6.45, 7) is 8.62. The van der Waals surface area contributed by atoms with E-state index in [1.165, 1.54) is 0 Å². The zero-order valence-electron chi connectivity index (χ0n) is 23.1. The number of aromatic nitrogens is 4. The zero-order chi connectivity index (χ0) is 28.4. The summed E-state index contributed by atoms with van der Waals surface area (Å²) in [4.78, 5) is 19.8. The average molecular weight is 616 g/mol. The number of nitrogens with one attached hydrogen (secondary N) is 2. The van der Waals surface area contributed by atoms with Crippen LogP contribution >= 0.6 is 27.7 Å². The van der Waals surface area contributed by atoms with Crippen LogP contribution in [-0.4, -0.2) is 56.6 Å². The van der Waals surface area contributed by atoms with E-state index in [9.17, 15) is 4.79 Å². The van der Waals surface area contributed by atoms with Crippen molar-refractivity contribution < 1.29 is 14.3 Å². The van der Waals surface area contributed by atoms with Crippen molar-refractivity contribution in [3.8, 4) is 16.9 Å². The third kappa shape index (κ3) is 10.1. The van der Waals surface area contributed by atoms with Crippen LogP contribution in [0.4, 0.5) is 16.4 Å². The molecular weight excluding hydrogens is 580 g/mol. The Morgan fingerprint density at radius 3 is 2.59 bits per heavy atom. The maximum Gasteiger partial charge on any atom is 0.407 e. The molecule has 0 bridgehead atoms. The fourth-order valence-electron chi connectivity index (χ4n) is 3.39. The van der Waals surface area contributed by atoms with E-state index in [0.29, 0.717) is 19.1 Å². The fraction of sp³-hybridized carbons (Fsp3) is 0.357. The topological polar surface area (TPSA) is 103 Å². The number of anilines is 2. The summed E-state index contributed by atoms with van der Waals surface area (Å²) in [5.74, 6) is 2.27. The Kier molecular flexibility index (Phi) is 11.0. The van der Waals surface area contributed by atoms with Crippen LogP contribution in [0.3, 0.4) is 0 Å². The lowest BCUT2D eigenvalue weighted by Gasteiger charge is -2.19. The molecule has 1 amide bonds. The number of alkyl carbamates (subject to hydrolysis) is 1. The van der Waals surface area contributed by atoms with Gasteiger partial charge in [-0.1, -0.05) is 15.9 Å². The quantitative estimate of drug-likeness (QED) is 0.209. The summed E-state index contributed by atoms with van der Waals surface area (Å²) in [5, 5.41) is 11.1. The molecule has 0 atom stereocenters. The number of thioether (sulfide) groups is 1. The summed E-state index contributed by atoms with van der Waals surface area (Å²) < 4.78 is 13.7. The van der Waals surface area contributed by atoms with Gasteiger partial charge in [-0.3, -0.25) is 4.68 Å². The van der Waals surface area contributed by atoms with Crippen molar-refractivity contribution in [3.05, 3.63) is 59.5 Å². The maximum absolute atomic E-state index is 10.7. The van der Waals surface area contributed by atoms with Crippen molar-refractivity contribution in [3.63, 3.8) is 0 Å². The molecule has 0 saturated heterocycles. The van der Waals surface area contributed by atoms with E-state index in [1.807, 2.05) is 89.7 Å². The molecule has 4 aromatic rings. The normalized spacial score (nSPS) is 10.9. The van der Waals surface area contributed by atoms with E-state index in [2.05, 4.69) is 47.9 Å². The Hall–Kier alpha value is -3.31. The maximum atomic E-state index is 10.7. The lowest BCUT2D eigenvalue weighted by atomic mass is 10.1. The summed E-state index contributed by atoms with van der Waals surface area (Å²) >= 11 is 5.23. The van der Waals surface area contributed by atoms with Crippen molar-refractivity contribution in [1.82, 2.24) is 25.1 Å². The number of aryl methyl sites for hydroxylation is 1. The molecular formula is C28H35BrN6O3S. The lowest BCUT2D eigenvalue weighted by Crippen LogP contribution is -2.32. The zero-order valence-corrected chi connectivity index (χ0v) is 25.5. The molecule has 9 nitrogen and oxygen atoms in total. The highest BCUT2D eigenvalue weighted by Crippen LogP contribution is 2.30. The number of carbonyl (C=O) groups excluding carboxylic acids is 1. The van der Waals surface area contributed by atoms with Gasteiger partial charge in [0, 0.05) is 58.9 Å². The first kappa shape index (κ1) is 30.2. The van der Waals surface area contributed by atoms with Crippen LogP contribution in [0.1, 0.15) is 27.7 Å². The molecule has 0 aliphatic rings. The Labute approximate surface area is 242 Å².